The zero-order valence-electron chi connectivity index (χ0n) is 11.2. The van der Waals surface area contributed by atoms with E-state index >= 15 is 0 Å². The third-order valence-electron chi connectivity index (χ3n) is 3.01. The van der Waals surface area contributed by atoms with Crippen molar-refractivity contribution in [2.75, 3.05) is 7.11 Å². The summed E-state index contributed by atoms with van der Waals surface area (Å²) in [7, 11) is 1.38. The fourth-order valence-corrected chi connectivity index (χ4v) is 3.41. The molecule has 1 aromatic rings. The van der Waals surface area contributed by atoms with Crippen LogP contribution in [0.1, 0.15) is 12.8 Å². The number of carbonyl (C=O) groups excluding carboxylic acids is 2. The van der Waals surface area contributed by atoms with Gasteiger partial charge in [0.15, 0.2) is 0 Å². The number of allylic oxidation sites excluding steroid dienone is 1. The summed E-state index contributed by atoms with van der Waals surface area (Å²) < 4.78 is 11.1. The van der Waals surface area contributed by atoms with Gasteiger partial charge in [0.1, 0.15) is 0 Å². The van der Waals surface area contributed by atoms with E-state index in [1.54, 1.807) is 0 Å². The molecule has 1 aromatic carbocycles. The van der Waals surface area contributed by atoms with Crippen molar-refractivity contribution in [3.05, 3.63) is 42.5 Å². The van der Waals surface area contributed by atoms with Gasteiger partial charge in [-0.25, -0.2) is 0 Å². The maximum atomic E-state index is 11.9. The topological polar surface area (TPSA) is 52.6 Å². The van der Waals surface area contributed by atoms with Crippen molar-refractivity contribution >= 4 is 30.3 Å². The molecule has 1 aliphatic carbocycles. The summed E-state index contributed by atoms with van der Waals surface area (Å²) >= 11 is -0.354. The molecule has 0 spiro atoms. The summed E-state index contributed by atoms with van der Waals surface area (Å²) in [5.74, 6) is -0.462. The summed E-state index contributed by atoms with van der Waals surface area (Å²) in [5, 5.41) is 0. The fourth-order valence-electron chi connectivity index (χ4n) is 2.03. The first-order valence-electron chi connectivity index (χ1n) is 6.37. The molecule has 0 bridgehead atoms. The first kappa shape index (κ1) is 14.8. The normalized spacial score (nSPS) is 21.2. The minimum atomic E-state index is -0.354. The van der Waals surface area contributed by atoms with Crippen LogP contribution in [-0.4, -0.2) is 39.0 Å². The summed E-state index contributed by atoms with van der Waals surface area (Å²) in [6, 6.07) is 9.54. The number of methoxy groups -OCH3 is 1. The van der Waals surface area contributed by atoms with Crippen molar-refractivity contribution < 1.29 is 19.1 Å². The molecule has 0 heterocycles. The molecule has 106 valence electrons. The number of benzene rings is 1. The number of hydrogen-bond acceptors (Lipinski definition) is 4. The van der Waals surface area contributed by atoms with Crippen LogP contribution in [0.25, 0.3) is 0 Å². The molecular formula is C15H16O4Se. The molecule has 2 atom stereocenters. The van der Waals surface area contributed by atoms with Crippen molar-refractivity contribution in [2.45, 2.75) is 18.9 Å². The van der Waals surface area contributed by atoms with Crippen LogP contribution in [0, 0.1) is 5.92 Å². The van der Waals surface area contributed by atoms with Crippen molar-refractivity contribution in [1.29, 1.82) is 0 Å². The Hall–Kier alpha value is -1.58. The van der Waals surface area contributed by atoms with E-state index in [4.69, 9.17) is 9.47 Å². The minimum absolute atomic E-state index is 0.216. The van der Waals surface area contributed by atoms with Crippen LogP contribution in [0.2, 0.25) is 0 Å². The van der Waals surface area contributed by atoms with E-state index in [2.05, 4.69) is 0 Å². The molecule has 0 aromatic heterocycles. The van der Waals surface area contributed by atoms with Crippen molar-refractivity contribution in [3.8, 4) is 0 Å². The van der Waals surface area contributed by atoms with Gasteiger partial charge in [-0.2, -0.15) is 0 Å². The molecule has 0 saturated heterocycles. The van der Waals surface area contributed by atoms with Gasteiger partial charge >= 0.3 is 124 Å². The van der Waals surface area contributed by atoms with Gasteiger partial charge in [-0.15, -0.1) is 0 Å². The van der Waals surface area contributed by atoms with Crippen LogP contribution in [0.4, 0.5) is 4.79 Å². The molecule has 0 unspecified atom stereocenters. The zero-order valence-corrected chi connectivity index (χ0v) is 12.9. The summed E-state index contributed by atoms with van der Waals surface area (Å²) in [4.78, 5) is 23.2. The van der Waals surface area contributed by atoms with Gasteiger partial charge in [0, 0.05) is 0 Å². The summed E-state index contributed by atoms with van der Waals surface area (Å²) in [5.41, 5.74) is 0. The second-order valence-electron chi connectivity index (χ2n) is 4.44. The number of hydrogen-bond donors (Lipinski definition) is 0. The van der Waals surface area contributed by atoms with Crippen molar-refractivity contribution in [2.24, 2.45) is 5.92 Å². The van der Waals surface area contributed by atoms with E-state index < -0.39 is 0 Å². The van der Waals surface area contributed by atoms with Gasteiger partial charge in [-0.05, 0) is 0 Å². The maximum absolute atomic E-state index is 11.9. The Bertz CT molecular complexity index is 498. The van der Waals surface area contributed by atoms with Crippen LogP contribution < -0.4 is 4.46 Å². The molecule has 1 aliphatic rings. The van der Waals surface area contributed by atoms with Crippen molar-refractivity contribution in [3.63, 3.8) is 0 Å². The first-order valence-corrected chi connectivity index (χ1v) is 8.08. The number of carbonyl (C=O) groups is 2. The van der Waals surface area contributed by atoms with Crippen molar-refractivity contribution in [1.82, 2.24) is 0 Å². The second-order valence-corrected chi connectivity index (χ2v) is 6.56. The van der Waals surface area contributed by atoms with Gasteiger partial charge in [0.05, 0.1) is 0 Å². The zero-order chi connectivity index (χ0) is 14.4. The van der Waals surface area contributed by atoms with E-state index in [9.17, 15) is 9.59 Å². The Morgan fingerprint density at radius 1 is 1.25 bits per heavy atom. The molecule has 0 N–H and O–H groups in total. The monoisotopic (exact) mass is 340 g/mol. The van der Waals surface area contributed by atoms with Crippen LogP contribution >= 0.6 is 0 Å². The van der Waals surface area contributed by atoms with E-state index in [-0.39, 0.29) is 37.8 Å². The number of rotatable bonds is 4. The average molecular weight is 339 g/mol. The van der Waals surface area contributed by atoms with Gasteiger partial charge in [0.25, 0.3) is 0 Å². The first-order chi connectivity index (χ1) is 9.69. The van der Waals surface area contributed by atoms with Gasteiger partial charge in [0.2, 0.25) is 0 Å². The molecule has 4 nitrogen and oxygen atoms in total. The Morgan fingerprint density at radius 2 is 2.00 bits per heavy atom. The second kappa shape index (κ2) is 7.27. The SMILES string of the molecule is COC(=O)[C@H]1CC=C[C@@H](OC(=O)[Se]c2ccccc2)C1. The number of esters is 1. The van der Waals surface area contributed by atoms with E-state index in [1.807, 2.05) is 42.5 Å². The Morgan fingerprint density at radius 3 is 2.70 bits per heavy atom. The quantitative estimate of drug-likeness (QED) is 0.476. The molecular weight excluding hydrogens is 323 g/mol. The van der Waals surface area contributed by atoms with E-state index in [0.29, 0.717) is 12.8 Å². The fraction of sp³-hybridized carbons (Fsp3) is 0.333. The molecule has 5 heteroatoms. The third-order valence-corrected chi connectivity index (χ3v) is 4.63. The molecule has 0 aliphatic heterocycles. The van der Waals surface area contributed by atoms with Crippen LogP contribution in [-0.2, 0) is 14.3 Å². The predicted octanol–water partition coefficient (Wildman–Crippen LogP) is 1.66. The Balaban J connectivity index is 1.87. The molecule has 0 fully saturated rings. The molecule has 0 radical (unpaired) electrons. The van der Waals surface area contributed by atoms with Gasteiger partial charge < -0.3 is 0 Å². The van der Waals surface area contributed by atoms with Crippen LogP contribution in [0.3, 0.4) is 0 Å². The molecule has 2 rings (SSSR count). The summed E-state index contributed by atoms with van der Waals surface area (Å²) in [6.07, 6.45) is 4.53. The van der Waals surface area contributed by atoms with Crippen LogP contribution in [0.5, 0.6) is 0 Å². The van der Waals surface area contributed by atoms with E-state index in [0.717, 1.165) is 4.46 Å². The summed E-state index contributed by atoms with van der Waals surface area (Å²) in [6.45, 7) is 0. The average Bonchev–Trinajstić information content (AvgIpc) is 2.47. The van der Waals surface area contributed by atoms with Gasteiger partial charge in [-0.3, -0.25) is 0 Å². The Labute approximate surface area is 124 Å². The molecule has 20 heavy (non-hydrogen) atoms. The third kappa shape index (κ3) is 4.22. The van der Waals surface area contributed by atoms with E-state index in [1.165, 1.54) is 7.11 Å². The van der Waals surface area contributed by atoms with Gasteiger partial charge in [-0.1, -0.05) is 0 Å². The standard InChI is InChI=1S/C15H16O4Se/c1-18-14(16)11-6-5-7-12(10-11)19-15(17)20-13-8-3-2-4-9-13/h2-5,7-9,11-12H,6,10H2,1H3/t11-,12+/m0/s1. The van der Waals surface area contributed by atoms with Crippen LogP contribution in [0.15, 0.2) is 42.5 Å². The predicted molar refractivity (Wildman–Crippen MR) is 76.0 cm³/mol. The molecule has 0 saturated carbocycles. The molecule has 0 amide bonds. The number of ether oxygens (including phenoxy) is 2. The Kier molecular flexibility index (Phi) is 5.39.